The Balaban J connectivity index is 1.31. The van der Waals surface area contributed by atoms with E-state index < -0.39 is 0 Å². The molecule has 1 saturated heterocycles. The van der Waals surface area contributed by atoms with E-state index >= 15 is 0 Å². The van der Waals surface area contributed by atoms with Crippen LogP contribution in [0.15, 0.2) is 59.1 Å². The van der Waals surface area contributed by atoms with Crippen molar-refractivity contribution < 1.29 is 13.7 Å². The van der Waals surface area contributed by atoms with Gasteiger partial charge in [-0.05, 0) is 36.7 Å². The zero-order chi connectivity index (χ0) is 17.8. The van der Waals surface area contributed by atoms with Crippen molar-refractivity contribution in [2.24, 2.45) is 0 Å². The molecule has 0 unspecified atom stereocenters. The van der Waals surface area contributed by atoms with E-state index in [9.17, 15) is 4.39 Å². The standard InChI is InChI=1S/C20H20FN3O2/c21-18-9-5-4-8-17(18)15-10-11-24(12-15)13-20-22-19(23-26-20)14-25-16-6-2-1-3-7-16/h1-9,15H,10-14H2/t15-/m0/s1. The molecule has 3 aromatic rings. The quantitative estimate of drug-likeness (QED) is 0.675. The van der Waals surface area contributed by atoms with Crippen LogP contribution in [-0.4, -0.2) is 28.1 Å². The number of hydrogen-bond acceptors (Lipinski definition) is 5. The molecule has 2 aromatic carbocycles. The molecule has 0 amide bonds. The molecule has 6 heteroatoms. The number of para-hydroxylation sites is 1. The fourth-order valence-corrected chi connectivity index (χ4v) is 3.31. The van der Waals surface area contributed by atoms with Gasteiger partial charge in [-0.2, -0.15) is 4.98 Å². The highest BCUT2D eigenvalue weighted by Crippen LogP contribution is 2.29. The number of hydrogen-bond donors (Lipinski definition) is 0. The van der Waals surface area contributed by atoms with Gasteiger partial charge < -0.3 is 9.26 Å². The maximum atomic E-state index is 14.0. The number of likely N-dealkylation sites (tertiary alicyclic amines) is 1. The lowest BCUT2D eigenvalue weighted by Crippen LogP contribution is -2.20. The predicted octanol–water partition coefficient (Wildman–Crippen LogP) is 3.78. The summed E-state index contributed by atoms with van der Waals surface area (Å²) in [6, 6.07) is 16.5. The highest BCUT2D eigenvalue weighted by molar-refractivity contribution is 5.23. The first-order valence-corrected chi connectivity index (χ1v) is 8.74. The first-order valence-electron chi connectivity index (χ1n) is 8.74. The monoisotopic (exact) mass is 353 g/mol. The number of halogens is 1. The normalized spacial score (nSPS) is 17.5. The maximum absolute atomic E-state index is 14.0. The van der Waals surface area contributed by atoms with E-state index in [4.69, 9.17) is 9.26 Å². The molecule has 0 bridgehead atoms. The van der Waals surface area contributed by atoms with Crippen LogP contribution in [0, 0.1) is 5.82 Å². The van der Waals surface area contributed by atoms with Crippen LogP contribution in [0.1, 0.15) is 29.6 Å². The van der Waals surface area contributed by atoms with Gasteiger partial charge in [-0.15, -0.1) is 0 Å². The second-order valence-electron chi connectivity index (χ2n) is 6.45. The van der Waals surface area contributed by atoms with Crippen LogP contribution in [-0.2, 0) is 13.2 Å². The van der Waals surface area contributed by atoms with E-state index in [2.05, 4.69) is 15.0 Å². The van der Waals surface area contributed by atoms with Crippen LogP contribution in [0.25, 0.3) is 0 Å². The Hall–Kier alpha value is -2.73. The summed E-state index contributed by atoms with van der Waals surface area (Å²) in [6.45, 7) is 2.52. The second-order valence-corrected chi connectivity index (χ2v) is 6.45. The van der Waals surface area contributed by atoms with Crippen molar-refractivity contribution in [1.29, 1.82) is 0 Å². The lowest BCUT2D eigenvalue weighted by Gasteiger charge is -2.14. The van der Waals surface area contributed by atoms with Crippen molar-refractivity contribution in [3.8, 4) is 5.75 Å². The topological polar surface area (TPSA) is 51.4 Å². The molecular formula is C20H20FN3O2. The summed E-state index contributed by atoms with van der Waals surface area (Å²) in [4.78, 5) is 6.60. The zero-order valence-electron chi connectivity index (χ0n) is 14.3. The van der Waals surface area contributed by atoms with Gasteiger partial charge >= 0.3 is 0 Å². The lowest BCUT2D eigenvalue weighted by molar-refractivity contribution is 0.260. The molecule has 134 valence electrons. The first-order chi connectivity index (χ1) is 12.8. The van der Waals surface area contributed by atoms with Gasteiger partial charge in [0, 0.05) is 12.5 Å². The third kappa shape index (κ3) is 3.91. The van der Waals surface area contributed by atoms with Crippen molar-refractivity contribution in [3.63, 3.8) is 0 Å². The SMILES string of the molecule is Fc1ccccc1[C@H]1CCN(Cc2nc(COc3ccccc3)no2)C1. The van der Waals surface area contributed by atoms with Crippen molar-refractivity contribution in [3.05, 3.63) is 77.7 Å². The number of benzene rings is 2. The molecule has 0 saturated carbocycles. The number of rotatable bonds is 6. The van der Waals surface area contributed by atoms with Crippen molar-refractivity contribution in [2.75, 3.05) is 13.1 Å². The second kappa shape index (κ2) is 7.66. The van der Waals surface area contributed by atoms with Crippen molar-refractivity contribution in [1.82, 2.24) is 15.0 Å². The summed E-state index contributed by atoms with van der Waals surface area (Å²) >= 11 is 0. The molecule has 1 aliphatic rings. The summed E-state index contributed by atoms with van der Waals surface area (Å²) in [5.74, 6) is 1.93. The van der Waals surface area contributed by atoms with Crippen LogP contribution in [0.4, 0.5) is 4.39 Å². The molecule has 1 aliphatic heterocycles. The molecule has 2 heterocycles. The van der Waals surface area contributed by atoms with E-state index in [1.54, 1.807) is 6.07 Å². The molecule has 0 N–H and O–H groups in total. The maximum Gasteiger partial charge on any atom is 0.240 e. The van der Waals surface area contributed by atoms with E-state index in [0.717, 1.165) is 30.8 Å². The molecule has 1 aromatic heterocycles. The van der Waals surface area contributed by atoms with Gasteiger partial charge in [0.2, 0.25) is 11.7 Å². The minimum absolute atomic E-state index is 0.127. The van der Waals surface area contributed by atoms with E-state index in [-0.39, 0.29) is 18.3 Å². The van der Waals surface area contributed by atoms with Crippen LogP contribution < -0.4 is 4.74 Å². The summed E-state index contributed by atoms with van der Waals surface area (Å²) in [5, 5.41) is 3.97. The number of ether oxygens (including phenoxy) is 1. The first kappa shape index (κ1) is 16.7. The molecule has 5 nitrogen and oxygen atoms in total. The summed E-state index contributed by atoms with van der Waals surface area (Å²) in [7, 11) is 0. The van der Waals surface area contributed by atoms with Gasteiger partial charge in [0.15, 0.2) is 6.61 Å². The molecule has 0 radical (unpaired) electrons. The third-order valence-corrected chi connectivity index (χ3v) is 4.60. The van der Waals surface area contributed by atoms with E-state index in [0.29, 0.717) is 18.3 Å². The van der Waals surface area contributed by atoms with Crippen LogP contribution in [0.3, 0.4) is 0 Å². The van der Waals surface area contributed by atoms with Crippen molar-refractivity contribution >= 4 is 0 Å². The largest absolute Gasteiger partial charge is 0.485 e. The predicted molar refractivity (Wildman–Crippen MR) is 94.1 cm³/mol. The Kier molecular flexibility index (Phi) is 4.93. The fraction of sp³-hybridized carbons (Fsp3) is 0.300. The van der Waals surface area contributed by atoms with Gasteiger partial charge in [-0.25, -0.2) is 4.39 Å². The van der Waals surface area contributed by atoms with Crippen LogP contribution in [0.5, 0.6) is 5.75 Å². The van der Waals surface area contributed by atoms with Gasteiger partial charge in [0.05, 0.1) is 6.54 Å². The Morgan fingerprint density at radius 1 is 1.12 bits per heavy atom. The molecule has 1 atom stereocenters. The average molecular weight is 353 g/mol. The van der Waals surface area contributed by atoms with Gasteiger partial charge in [0.25, 0.3) is 0 Å². The lowest BCUT2D eigenvalue weighted by atomic mass is 9.98. The van der Waals surface area contributed by atoms with Gasteiger partial charge in [-0.3, -0.25) is 4.90 Å². The smallest absolute Gasteiger partial charge is 0.240 e. The highest BCUT2D eigenvalue weighted by Gasteiger charge is 2.27. The Labute approximate surface area is 151 Å². The Morgan fingerprint density at radius 3 is 2.77 bits per heavy atom. The van der Waals surface area contributed by atoms with Gasteiger partial charge in [-0.1, -0.05) is 41.6 Å². The number of nitrogens with zero attached hydrogens (tertiary/aromatic N) is 3. The molecule has 4 rings (SSSR count). The minimum Gasteiger partial charge on any atom is -0.485 e. The minimum atomic E-state index is -0.127. The Morgan fingerprint density at radius 2 is 1.92 bits per heavy atom. The van der Waals surface area contributed by atoms with Gasteiger partial charge in [0.1, 0.15) is 11.6 Å². The number of aromatic nitrogens is 2. The fourth-order valence-electron chi connectivity index (χ4n) is 3.31. The molecule has 0 spiro atoms. The van der Waals surface area contributed by atoms with E-state index in [1.165, 1.54) is 6.07 Å². The summed E-state index contributed by atoms with van der Waals surface area (Å²) in [6.07, 6.45) is 0.930. The summed E-state index contributed by atoms with van der Waals surface area (Å²) < 4.78 is 24.9. The van der Waals surface area contributed by atoms with E-state index in [1.807, 2.05) is 42.5 Å². The molecule has 1 fully saturated rings. The molecular weight excluding hydrogens is 333 g/mol. The highest BCUT2D eigenvalue weighted by atomic mass is 19.1. The molecule has 26 heavy (non-hydrogen) atoms. The molecule has 0 aliphatic carbocycles. The Bertz CT molecular complexity index is 853. The van der Waals surface area contributed by atoms with Crippen LogP contribution >= 0.6 is 0 Å². The average Bonchev–Trinajstić information content (AvgIpc) is 3.31. The zero-order valence-corrected chi connectivity index (χ0v) is 14.3. The summed E-state index contributed by atoms with van der Waals surface area (Å²) in [5.41, 5.74) is 0.789. The van der Waals surface area contributed by atoms with Crippen LogP contribution in [0.2, 0.25) is 0 Å². The van der Waals surface area contributed by atoms with Crippen molar-refractivity contribution in [2.45, 2.75) is 25.5 Å². The third-order valence-electron chi connectivity index (χ3n) is 4.60.